The third-order valence-corrected chi connectivity index (χ3v) is 3.12. The van der Waals surface area contributed by atoms with Gasteiger partial charge in [-0.15, -0.1) is 0 Å². The fourth-order valence-electron chi connectivity index (χ4n) is 1.35. The summed E-state index contributed by atoms with van der Waals surface area (Å²) in [6.45, 7) is 0.176. The Kier molecular flexibility index (Phi) is 4.11. The third-order valence-electron chi connectivity index (χ3n) is 2.30. The molecule has 0 aliphatic heterocycles. The first-order chi connectivity index (χ1) is 9.49. The summed E-state index contributed by atoms with van der Waals surface area (Å²) < 4.78 is 32.5. The monoisotopic (exact) mass is 296 g/mol. The van der Waals surface area contributed by atoms with E-state index in [2.05, 4.69) is 15.0 Å². The average Bonchev–Trinajstić information content (AvgIpc) is 2.45. The molecule has 0 saturated carbocycles. The van der Waals surface area contributed by atoms with E-state index in [4.69, 9.17) is 14.6 Å². The van der Waals surface area contributed by atoms with Crippen molar-refractivity contribution in [2.75, 3.05) is 7.11 Å². The van der Waals surface area contributed by atoms with Gasteiger partial charge in [-0.05, 0) is 12.1 Å². The number of hydrogen-bond donors (Lipinski definition) is 1. The number of nitrogens with two attached hydrogens (primary N) is 1. The number of rotatable bonds is 5. The number of ether oxygens (including phenoxy) is 2. The molecule has 2 heterocycles. The summed E-state index contributed by atoms with van der Waals surface area (Å²) >= 11 is 0. The van der Waals surface area contributed by atoms with E-state index in [1.54, 1.807) is 6.07 Å². The van der Waals surface area contributed by atoms with Crippen LogP contribution in [0, 0.1) is 0 Å². The van der Waals surface area contributed by atoms with E-state index in [9.17, 15) is 8.42 Å². The predicted molar refractivity (Wildman–Crippen MR) is 68.5 cm³/mol. The topological polar surface area (TPSA) is 117 Å². The van der Waals surface area contributed by atoms with Crippen LogP contribution in [0.4, 0.5) is 0 Å². The van der Waals surface area contributed by atoms with E-state index in [0.29, 0.717) is 17.3 Å². The second-order valence-corrected chi connectivity index (χ2v) is 5.23. The number of nitrogens with zero attached hydrogens (tertiary/aromatic N) is 3. The minimum atomic E-state index is -3.80. The molecule has 0 radical (unpaired) electrons. The Bertz CT molecular complexity index is 688. The van der Waals surface area contributed by atoms with Gasteiger partial charge in [0, 0.05) is 6.07 Å². The Morgan fingerprint density at radius 1 is 1.25 bits per heavy atom. The predicted octanol–water partition coefficient (Wildman–Crippen LogP) is 0.107. The van der Waals surface area contributed by atoms with Gasteiger partial charge in [-0.25, -0.2) is 28.5 Å². The molecule has 0 unspecified atom stereocenters. The first-order valence-corrected chi connectivity index (χ1v) is 7.00. The van der Waals surface area contributed by atoms with E-state index in [-0.39, 0.29) is 11.6 Å². The smallest absolute Gasteiger partial charge is 0.255 e. The molecule has 0 amide bonds. The Morgan fingerprint density at radius 2 is 2.05 bits per heavy atom. The van der Waals surface area contributed by atoms with Crippen molar-refractivity contribution in [3.63, 3.8) is 0 Å². The van der Waals surface area contributed by atoms with E-state index in [1.165, 1.54) is 31.8 Å². The van der Waals surface area contributed by atoms with Gasteiger partial charge in [-0.3, -0.25) is 0 Å². The molecule has 0 bridgehead atoms. The van der Waals surface area contributed by atoms with Crippen LogP contribution in [0.25, 0.3) is 0 Å². The van der Waals surface area contributed by atoms with Crippen molar-refractivity contribution in [2.24, 2.45) is 5.14 Å². The Balaban J connectivity index is 2.04. The SMILES string of the molecule is COc1cc(COc2ccc(S(N)(=O)=O)nc2)ncn1. The van der Waals surface area contributed by atoms with Crippen LogP contribution in [-0.2, 0) is 16.6 Å². The van der Waals surface area contributed by atoms with Gasteiger partial charge < -0.3 is 9.47 Å². The van der Waals surface area contributed by atoms with Crippen LogP contribution in [0.15, 0.2) is 35.7 Å². The van der Waals surface area contributed by atoms with Gasteiger partial charge in [0.15, 0.2) is 5.03 Å². The van der Waals surface area contributed by atoms with Crippen LogP contribution in [0.5, 0.6) is 11.6 Å². The summed E-state index contributed by atoms with van der Waals surface area (Å²) in [5.41, 5.74) is 0.618. The summed E-state index contributed by atoms with van der Waals surface area (Å²) in [5.74, 6) is 0.830. The van der Waals surface area contributed by atoms with Gasteiger partial charge in [0.25, 0.3) is 10.0 Å². The van der Waals surface area contributed by atoms with Crippen molar-refractivity contribution in [1.82, 2.24) is 15.0 Å². The summed E-state index contributed by atoms with van der Waals surface area (Å²) in [5, 5.41) is 4.73. The van der Waals surface area contributed by atoms with E-state index < -0.39 is 10.0 Å². The Labute approximate surface area is 115 Å². The molecule has 0 fully saturated rings. The fourth-order valence-corrected chi connectivity index (χ4v) is 1.80. The lowest BCUT2D eigenvalue weighted by Gasteiger charge is -2.06. The summed E-state index contributed by atoms with van der Waals surface area (Å²) in [6, 6.07) is 4.36. The highest BCUT2D eigenvalue weighted by molar-refractivity contribution is 7.89. The highest BCUT2D eigenvalue weighted by Gasteiger charge is 2.09. The first-order valence-electron chi connectivity index (χ1n) is 5.45. The highest BCUT2D eigenvalue weighted by Crippen LogP contribution is 2.14. The van der Waals surface area contributed by atoms with Crippen molar-refractivity contribution in [2.45, 2.75) is 11.6 Å². The van der Waals surface area contributed by atoms with Crippen LogP contribution in [0.2, 0.25) is 0 Å². The standard InChI is InChI=1S/C11H12N4O4S/c1-18-10-4-8(14-7-15-10)6-19-9-2-3-11(13-5-9)20(12,16)17/h2-5,7H,6H2,1H3,(H2,12,16,17). The molecular formula is C11H12N4O4S. The van der Waals surface area contributed by atoms with Crippen LogP contribution >= 0.6 is 0 Å². The molecule has 2 aromatic heterocycles. The molecule has 20 heavy (non-hydrogen) atoms. The second kappa shape index (κ2) is 5.80. The van der Waals surface area contributed by atoms with Crippen molar-refractivity contribution in [1.29, 1.82) is 0 Å². The molecule has 2 rings (SSSR count). The summed E-state index contributed by atoms with van der Waals surface area (Å²) in [4.78, 5) is 11.6. The second-order valence-electron chi connectivity index (χ2n) is 3.72. The zero-order chi connectivity index (χ0) is 14.6. The van der Waals surface area contributed by atoms with Crippen molar-refractivity contribution < 1.29 is 17.9 Å². The first kappa shape index (κ1) is 14.2. The molecular weight excluding hydrogens is 284 g/mol. The average molecular weight is 296 g/mol. The maximum absolute atomic E-state index is 11.0. The fraction of sp³-hybridized carbons (Fsp3) is 0.182. The van der Waals surface area contributed by atoms with E-state index >= 15 is 0 Å². The van der Waals surface area contributed by atoms with Crippen molar-refractivity contribution in [3.8, 4) is 11.6 Å². The van der Waals surface area contributed by atoms with Crippen LogP contribution in [0.3, 0.4) is 0 Å². The molecule has 0 atom stereocenters. The molecule has 2 N–H and O–H groups in total. The van der Waals surface area contributed by atoms with Gasteiger partial charge in [0.05, 0.1) is 19.0 Å². The maximum atomic E-state index is 11.0. The van der Waals surface area contributed by atoms with Gasteiger partial charge >= 0.3 is 0 Å². The molecule has 2 aromatic rings. The molecule has 8 nitrogen and oxygen atoms in total. The van der Waals surface area contributed by atoms with Crippen molar-refractivity contribution >= 4 is 10.0 Å². The van der Waals surface area contributed by atoms with Crippen LogP contribution in [0.1, 0.15) is 5.69 Å². The van der Waals surface area contributed by atoms with Gasteiger partial charge in [0.2, 0.25) is 5.88 Å². The minimum absolute atomic E-state index is 0.176. The largest absolute Gasteiger partial charge is 0.486 e. The lowest BCUT2D eigenvalue weighted by atomic mass is 10.4. The number of aromatic nitrogens is 3. The number of sulfonamides is 1. The van der Waals surface area contributed by atoms with E-state index in [1.807, 2.05) is 0 Å². The zero-order valence-electron chi connectivity index (χ0n) is 10.6. The number of methoxy groups -OCH3 is 1. The van der Waals surface area contributed by atoms with Crippen LogP contribution in [-0.4, -0.2) is 30.5 Å². The molecule has 0 saturated heterocycles. The van der Waals surface area contributed by atoms with Gasteiger partial charge in [-0.1, -0.05) is 0 Å². The van der Waals surface area contributed by atoms with Gasteiger partial charge in [-0.2, -0.15) is 0 Å². The molecule has 0 aliphatic carbocycles. The quantitative estimate of drug-likeness (QED) is 0.831. The number of primary sulfonamides is 1. The van der Waals surface area contributed by atoms with E-state index in [0.717, 1.165) is 0 Å². The maximum Gasteiger partial charge on any atom is 0.255 e. The summed E-state index contributed by atoms with van der Waals surface area (Å²) in [6.07, 6.45) is 2.64. The Morgan fingerprint density at radius 3 is 2.65 bits per heavy atom. The normalized spacial score (nSPS) is 11.1. The van der Waals surface area contributed by atoms with Gasteiger partial charge in [0.1, 0.15) is 18.7 Å². The third kappa shape index (κ3) is 3.62. The van der Waals surface area contributed by atoms with Crippen LogP contribution < -0.4 is 14.6 Å². The molecule has 106 valence electrons. The molecule has 0 aromatic carbocycles. The highest BCUT2D eigenvalue weighted by atomic mass is 32.2. The van der Waals surface area contributed by atoms with Crippen molar-refractivity contribution in [3.05, 3.63) is 36.4 Å². The lowest BCUT2D eigenvalue weighted by molar-refractivity contribution is 0.297. The number of hydrogen-bond acceptors (Lipinski definition) is 7. The lowest BCUT2D eigenvalue weighted by Crippen LogP contribution is -2.13. The molecule has 0 spiro atoms. The zero-order valence-corrected chi connectivity index (χ0v) is 11.4. The summed E-state index contributed by atoms with van der Waals surface area (Å²) in [7, 11) is -2.30. The minimum Gasteiger partial charge on any atom is -0.486 e. The molecule has 9 heteroatoms. The Hall–Kier alpha value is -2.26. The molecule has 0 aliphatic rings. The number of pyridine rings is 1.